The fourth-order valence-electron chi connectivity index (χ4n) is 0. The van der Waals surface area contributed by atoms with Gasteiger partial charge in [-0.1, -0.05) is 18.3 Å². The minimum atomic E-state index is -3.37. The molecule has 0 rings (SSSR count). The zero-order valence-electron chi connectivity index (χ0n) is 20.1. The number of hydrogen-bond donors (Lipinski definition) is 2. The number of hydrogen-bond acceptors (Lipinski definition) is 12. The van der Waals surface area contributed by atoms with Crippen molar-refractivity contribution in [3.63, 3.8) is 0 Å². The zero-order valence-corrected chi connectivity index (χ0v) is 26.8. The van der Waals surface area contributed by atoms with Crippen molar-refractivity contribution in [2.75, 3.05) is 0 Å². The topological polar surface area (TPSA) is 920 Å². The molecule has 0 atom stereocenters. The summed E-state index contributed by atoms with van der Waals surface area (Å²) in [6, 6.07) is 0. The van der Waals surface area contributed by atoms with Crippen molar-refractivity contribution in [1.29, 1.82) is 0 Å². The summed E-state index contributed by atoms with van der Waals surface area (Å²) in [7, 11) is -13.5. The summed E-state index contributed by atoms with van der Waals surface area (Å²) >= 11 is 0. The maximum Gasteiger partial charge on any atom is 2.00 e. The molecule has 0 heterocycles. The first-order chi connectivity index (χ1) is 6.93. The van der Waals surface area contributed by atoms with E-state index >= 15 is 0 Å². The molecule has 0 aliphatic rings. The van der Waals surface area contributed by atoms with E-state index in [9.17, 15) is 0 Å². The molecule has 0 unspecified atom stereocenters. The largest absolute Gasteiger partial charge is 2.00 e. The van der Waals surface area contributed by atoms with E-state index in [1.807, 2.05) is 0 Å². The predicted octanol–water partition coefficient (Wildman–Crippen LogP) is -22.4. The molecule has 0 fully saturated rings. The molecule has 62 N–H and O–H groups in total. The van der Waals surface area contributed by atoms with Gasteiger partial charge in [0.15, 0.2) is 0 Å². The van der Waals surface area contributed by atoms with E-state index in [1.165, 1.54) is 0 Å². The molecule has 0 aliphatic heterocycles. The number of quaternary nitrogens is 2. The third-order valence-corrected chi connectivity index (χ3v) is 0. The second kappa shape index (κ2) is 338. The third-order valence-electron chi connectivity index (χ3n) is 0. The Morgan fingerprint density at radius 3 is 0.231 bits per heavy atom. The molecule has 0 amide bonds. The van der Waals surface area contributed by atoms with Gasteiger partial charge in [-0.3, -0.25) is 0 Å². The Bertz CT molecular complexity index is 184. The van der Waals surface area contributed by atoms with Gasteiger partial charge < -0.3 is 150 Å². The van der Waals surface area contributed by atoms with Crippen molar-refractivity contribution < 1.29 is 206 Å². The first-order valence-electron chi connectivity index (χ1n) is 2.19. The van der Waals surface area contributed by atoms with Crippen LogP contribution in [0.5, 0.6) is 0 Å². The number of rotatable bonds is 0. The minimum Gasteiger partial charge on any atom is -0.598 e. The first kappa shape index (κ1) is 366. The van der Waals surface area contributed by atoms with Gasteiger partial charge in [0.1, 0.15) is 0 Å². The van der Waals surface area contributed by atoms with Gasteiger partial charge in [0.05, 0.1) is 0 Å². The molecule has 0 aromatic heterocycles. The van der Waals surface area contributed by atoms with Crippen molar-refractivity contribution in [2.45, 2.75) is 0 Å². The zero-order chi connectivity index (χ0) is 14.3. The first-order valence-corrected chi connectivity index (χ1v) is 6.57. The second-order valence-corrected chi connectivity index (χ2v) is 2.68. The van der Waals surface area contributed by atoms with Crippen LogP contribution < -0.4 is 51.4 Å². The van der Waals surface area contributed by atoms with Crippen molar-refractivity contribution >= 4 is 33.0 Å². The molecule has 3 radical (unpaired) electrons. The minimum absolute atomic E-state index is 0. The van der Waals surface area contributed by atoms with Crippen LogP contribution >= 0.6 is 33.0 Å². The van der Waals surface area contributed by atoms with Crippen LogP contribution in [0.4, 0.5) is 0 Å². The van der Waals surface area contributed by atoms with Crippen LogP contribution in [0.15, 0.2) is 0 Å². The Balaban J connectivity index is -0.00000000165. The summed E-state index contributed by atoms with van der Waals surface area (Å²) in [5.74, 6) is 0. The summed E-state index contributed by atoms with van der Waals surface area (Å²) in [6.07, 6.45) is 0. The standard InChI is InChI=1S/3Co.2H3N.4HO3P.18H2O/c;;;;;4*1-4(2)3;;;;;;;;;;;;;;;;;;/h;;;2*1H3;4*(H,1,2,3);18*1H2/q3*+2;;;;;;;;;;;;;;;;;;;;;;;;/p+16. The quantitative estimate of drug-likeness (QED) is 0.169. The second-order valence-electron chi connectivity index (χ2n) is 0.894. The molecule has 277 valence electrons. The van der Waals surface area contributed by atoms with Crippen LogP contribution in [0, 0.1) is 0 Å². The fraction of sp³-hybridized carbons (Fsp3) is 0. The van der Waals surface area contributed by atoms with E-state index < -0.39 is 33.0 Å². The molecule has 39 heteroatoms. The molecule has 0 aromatic carbocycles. The molecule has 0 bridgehead atoms. The van der Waals surface area contributed by atoms with E-state index in [0.717, 1.165) is 0 Å². The van der Waals surface area contributed by atoms with Gasteiger partial charge in [-0.25, -0.2) is 0 Å². The summed E-state index contributed by atoms with van der Waals surface area (Å²) in [5, 5.41) is 0. The van der Waals surface area contributed by atoms with Crippen molar-refractivity contribution in [2.24, 2.45) is 0 Å². The van der Waals surface area contributed by atoms with E-state index in [2.05, 4.69) is 0 Å². The van der Waals surface area contributed by atoms with Crippen LogP contribution in [-0.4, -0.2) is 0 Å². The normalized spacial score (nSPS) is 2.67. The van der Waals surface area contributed by atoms with Crippen LogP contribution in [0.3, 0.4) is 0 Å². The van der Waals surface area contributed by atoms with E-state index in [1.54, 1.807) is 0 Å². The molecule has 0 saturated carbocycles. The van der Waals surface area contributed by atoms with Gasteiger partial charge in [-0.05, 0) is 0 Å². The molecule has 0 aliphatic carbocycles. The van der Waals surface area contributed by atoms with E-state index in [4.69, 9.17) is 57.4 Å². The molecular weight excluding hydrogens is 809 g/mol. The maximum absolute atomic E-state index is 8.48. The Kier molecular flexibility index (Phi) is 3170. The van der Waals surface area contributed by atoms with Gasteiger partial charge in [0.2, 0.25) is 0 Å². The van der Waals surface area contributed by atoms with Crippen molar-refractivity contribution in [3.8, 4) is 0 Å². The van der Waals surface area contributed by atoms with E-state index in [0.29, 0.717) is 0 Å². The van der Waals surface area contributed by atoms with Gasteiger partial charge >= 0.3 is 50.3 Å². The molecule has 39 heavy (non-hydrogen) atoms. The Morgan fingerprint density at radius 1 is 0.231 bits per heavy atom. The summed E-state index contributed by atoms with van der Waals surface area (Å²) < 4.78 is 33.9. The smallest absolute Gasteiger partial charge is 0.598 e. The fourth-order valence-corrected chi connectivity index (χ4v) is 0. The Labute approximate surface area is 251 Å². The van der Waals surface area contributed by atoms with Gasteiger partial charge in [-0.2, -0.15) is 0 Å². The van der Waals surface area contributed by atoms with Crippen LogP contribution in [-0.2, 0) is 167 Å². The van der Waals surface area contributed by atoms with Crippen molar-refractivity contribution in [3.05, 3.63) is 0 Å². The molecule has 0 aromatic rings. The Hall–Kier alpha value is 0.799. The monoisotopic (exact) mass is 871 g/mol. The molecule has 32 nitrogen and oxygen atoms in total. The Morgan fingerprint density at radius 2 is 0.231 bits per heavy atom. The summed E-state index contributed by atoms with van der Waals surface area (Å²) in [6.45, 7) is 0. The summed E-state index contributed by atoms with van der Waals surface area (Å²) in [4.78, 5) is 67.9. The van der Waals surface area contributed by atoms with Crippen LogP contribution in [0.1, 0.15) is 0 Å². The van der Waals surface area contributed by atoms with Crippen molar-refractivity contribution in [1.82, 2.24) is 12.3 Å². The van der Waals surface area contributed by atoms with Gasteiger partial charge in [0.25, 0.3) is 33.0 Å². The predicted molar refractivity (Wildman–Crippen MR) is 130 cm³/mol. The molecule has 0 saturated heterocycles. The van der Waals surface area contributed by atoms with Gasteiger partial charge in [-0.15, -0.1) is 0 Å². The third kappa shape index (κ3) is 82200. The SMILES string of the molecule is O=[P+]([O-])[O-].O=[P+]([O-])[O-].O=[P+]([O-])[O-].O=[P+]([O-])[O-].[Co+2].[Co+2].[Co+2].[NH4+].[NH4+].[OH3+].[OH3+].[OH3+].[OH3+].[OH3+].[OH3+].[OH3+].[OH3+].[OH3+].[OH3+].[OH3+].[OH3+].[OH3+].[OH3+].[OH3+].[OH3+].[OH3+].[OH3+]. The van der Waals surface area contributed by atoms with Gasteiger partial charge in [0, 0.05) is 0 Å². The summed E-state index contributed by atoms with van der Waals surface area (Å²) in [5.41, 5.74) is 0. The van der Waals surface area contributed by atoms with Crippen LogP contribution in [0.2, 0.25) is 0 Å². The maximum atomic E-state index is 8.48. The van der Waals surface area contributed by atoms with E-state index in [-0.39, 0.29) is 161 Å². The molecule has 0 spiro atoms. The average molecular weight is 871 g/mol. The molecular formula is H62Co3N2O30P4+22. The average Bonchev–Trinajstić information content (AvgIpc) is 1.76. The van der Waals surface area contributed by atoms with Crippen LogP contribution in [0.25, 0.3) is 0 Å².